The molecule has 0 saturated heterocycles. The van der Waals surface area contributed by atoms with Crippen molar-refractivity contribution in [3.05, 3.63) is 199 Å². The zero-order valence-corrected chi connectivity index (χ0v) is 31.6. The molecule has 1 heterocycles. The molecule has 9 aromatic carbocycles. The van der Waals surface area contributed by atoms with E-state index in [0.29, 0.717) is 0 Å². The number of thiophene rings is 1. The summed E-state index contributed by atoms with van der Waals surface area (Å²) in [5.74, 6) is 0. The lowest BCUT2D eigenvalue weighted by atomic mass is 9.79. The van der Waals surface area contributed by atoms with Crippen LogP contribution in [0.3, 0.4) is 0 Å². The van der Waals surface area contributed by atoms with Gasteiger partial charge in [-0.2, -0.15) is 0 Å². The van der Waals surface area contributed by atoms with Crippen LogP contribution in [0.1, 0.15) is 25.0 Å². The van der Waals surface area contributed by atoms with Crippen molar-refractivity contribution in [3.8, 4) is 33.4 Å². The lowest BCUT2D eigenvalue weighted by Gasteiger charge is -2.30. The molecule has 1 nitrogen and oxygen atoms in total. The Hall–Kier alpha value is -6.48. The van der Waals surface area contributed by atoms with E-state index in [1.165, 1.54) is 86.2 Å². The fourth-order valence-electron chi connectivity index (χ4n) is 9.37. The van der Waals surface area contributed by atoms with Crippen LogP contribution in [0, 0.1) is 0 Å². The molecule has 0 fully saturated rings. The Bertz CT molecular complexity index is 3130. The van der Waals surface area contributed by atoms with Gasteiger partial charge in [0.25, 0.3) is 0 Å². The summed E-state index contributed by atoms with van der Waals surface area (Å²) in [6.07, 6.45) is 0. The molecule has 55 heavy (non-hydrogen) atoms. The number of nitrogens with zero attached hydrogens (tertiary/aromatic N) is 1. The van der Waals surface area contributed by atoms with Crippen LogP contribution in [-0.4, -0.2) is 0 Å². The molecule has 11 rings (SSSR count). The van der Waals surface area contributed by atoms with E-state index in [-0.39, 0.29) is 5.41 Å². The molecule has 0 atom stereocenters. The van der Waals surface area contributed by atoms with Crippen molar-refractivity contribution in [3.63, 3.8) is 0 Å². The van der Waals surface area contributed by atoms with Gasteiger partial charge in [0.2, 0.25) is 0 Å². The number of hydrogen-bond acceptors (Lipinski definition) is 2. The summed E-state index contributed by atoms with van der Waals surface area (Å²) in [7, 11) is 0. The fraction of sp³-hybridized carbons (Fsp3) is 0.0566. The van der Waals surface area contributed by atoms with Crippen molar-refractivity contribution in [2.75, 3.05) is 4.90 Å². The second-order valence-corrected chi connectivity index (χ2v) is 16.3. The number of anilines is 3. The van der Waals surface area contributed by atoms with Crippen molar-refractivity contribution in [2.24, 2.45) is 0 Å². The lowest BCUT2D eigenvalue weighted by Crippen LogP contribution is -2.15. The largest absolute Gasteiger partial charge is 0.309 e. The quantitative estimate of drug-likeness (QED) is 0.171. The van der Waals surface area contributed by atoms with Crippen molar-refractivity contribution < 1.29 is 0 Å². The Labute approximate surface area is 325 Å². The standard InChI is InChI=1S/C53H37NS/c1-53(2)46-25-13-10-24-43(46)51-45(32-35-18-6-7-20-38(35)52(51)53)40-29-30-48(41-22-9-8-21-39(40)41)54(47-26-14-11-19-37(47)34-16-4-3-5-17-34)36-28-31-50-44(33-36)42-23-12-15-27-49(42)55-50/h3-33H,1-2H3. The van der Waals surface area contributed by atoms with Crippen LogP contribution < -0.4 is 4.90 Å². The maximum atomic E-state index is 2.49. The van der Waals surface area contributed by atoms with Gasteiger partial charge in [0.15, 0.2) is 0 Å². The molecule has 1 aliphatic carbocycles. The molecule has 1 aliphatic rings. The molecular formula is C53H37NS. The van der Waals surface area contributed by atoms with Crippen molar-refractivity contribution in [1.82, 2.24) is 0 Å². The Kier molecular flexibility index (Phi) is 7.14. The third-order valence-electron chi connectivity index (χ3n) is 11.8. The van der Waals surface area contributed by atoms with Crippen LogP contribution in [0.15, 0.2) is 188 Å². The molecule has 0 amide bonds. The number of fused-ring (bicyclic) bond motifs is 9. The van der Waals surface area contributed by atoms with Crippen molar-refractivity contribution >= 4 is 70.1 Å². The van der Waals surface area contributed by atoms with Crippen molar-refractivity contribution in [2.45, 2.75) is 19.3 Å². The van der Waals surface area contributed by atoms with E-state index < -0.39 is 0 Å². The highest BCUT2D eigenvalue weighted by Crippen LogP contribution is 2.56. The molecule has 0 spiro atoms. The SMILES string of the molecule is CC1(C)c2ccccc2-c2c(-c3ccc(N(c4ccc5sc6ccccc6c5c4)c4ccccc4-c4ccccc4)c4ccccc34)cc3ccccc3c21. The molecule has 2 heteroatoms. The van der Waals surface area contributed by atoms with Gasteiger partial charge in [-0.25, -0.2) is 0 Å². The van der Waals surface area contributed by atoms with E-state index in [4.69, 9.17) is 0 Å². The van der Waals surface area contributed by atoms with Gasteiger partial charge in [0.1, 0.15) is 0 Å². The summed E-state index contributed by atoms with van der Waals surface area (Å²) in [6, 6.07) is 69.6. The Morgan fingerprint density at radius 1 is 0.418 bits per heavy atom. The predicted molar refractivity (Wildman–Crippen MR) is 237 cm³/mol. The first-order valence-electron chi connectivity index (χ1n) is 19.1. The van der Waals surface area contributed by atoms with E-state index >= 15 is 0 Å². The Morgan fingerprint density at radius 3 is 1.93 bits per heavy atom. The Morgan fingerprint density at radius 2 is 1.07 bits per heavy atom. The summed E-state index contributed by atoms with van der Waals surface area (Å²) in [5, 5.41) is 7.65. The number of rotatable bonds is 5. The molecule has 0 unspecified atom stereocenters. The van der Waals surface area contributed by atoms with Crippen LogP contribution in [0.2, 0.25) is 0 Å². The minimum Gasteiger partial charge on any atom is -0.309 e. The van der Waals surface area contributed by atoms with Crippen LogP contribution >= 0.6 is 11.3 Å². The van der Waals surface area contributed by atoms with Crippen molar-refractivity contribution in [1.29, 1.82) is 0 Å². The molecular weight excluding hydrogens is 683 g/mol. The summed E-state index contributed by atoms with van der Waals surface area (Å²) >= 11 is 1.86. The van der Waals surface area contributed by atoms with E-state index in [0.717, 1.165) is 17.1 Å². The summed E-state index contributed by atoms with van der Waals surface area (Å²) in [6.45, 7) is 4.79. The highest BCUT2D eigenvalue weighted by molar-refractivity contribution is 7.25. The number of para-hydroxylation sites is 1. The number of benzene rings is 9. The average molecular weight is 720 g/mol. The van der Waals surface area contributed by atoms with E-state index in [1.54, 1.807) is 0 Å². The van der Waals surface area contributed by atoms with Crippen LogP contribution in [0.5, 0.6) is 0 Å². The molecule has 0 radical (unpaired) electrons. The maximum Gasteiger partial charge on any atom is 0.0540 e. The van der Waals surface area contributed by atoms with Gasteiger partial charge in [0.05, 0.1) is 11.4 Å². The summed E-state index contributed by atoms with van der Waals surface area (Å²) in [5.41, 5.74) is 13.8. The molecule has 0 bridgehead atoms. The predicted octanol–water partition coefficient (Wildman–Crippen LogP) is 15.5. The first kappa shape index (κ1) is 32.0. The topological polar surface area (TPSA) is 3.24 Å². The van der Waals surface area contributed by atoms with Gasteiger partial charge in [-0.1, -0.05) is 159 Å². The summed E-state index contributed by atoms with van der Waals surface area (Å²) in [4.78, 5) is 2.49. The Balaban J connectivity index is 1.20. The number of hydrogen-bond donors (Lipinski definition) is 0. The zero-order valence-electron chi connectivity index (χ0n) is 30.8. The van der Waals surface area contributed by atoms with E-state index in [9.17, 15) is 0 Å². The first-order valence-corrected chi connectivity index (χ1v) is 19.9. The molecule has 0 aliphatic heterocycles. The van der Waals surface area contributed by atoms with E-state index in [1.807, 2.05) is 11.3 Å². The van der Waals surface area contributed by atoms with Crippen LogP contribution in [0.25, 0.3) is 75.1 Å². The molecule has 1 aromatic heterocycles. The lowest BCUT2D eigenvalue weighted by molar-refractivity contribution is 0.666. The smallest absolute Gasteiger partial charge is 0.0540 e. The fourth-order valence-corrected chi connectivity index (χ4v) is 10.5. The summed E-state index contributed by atoms with van der Waals surface area (Å²) < 4.78 is 2.61. The van der Waals surface area contributed by atoms with Gasteiger partial charge in [0, 0.05) is 42.2 Å². The van der Waals surface area contributed by atoms with Gasteiger partial charge < -0.3 is 4.90 Å². The normalized spacial score (nSPS) is 13.1. The second kappa shape index (κ2) is 12.3. The van der Waals surface area contributed by atoms with E-state index in [2.05, 4.69) is 207 Å². The third kappa shape index (κ3) is 4.85. The second-order valence-electron chi connectivity index (χ2n) is 15.2. The average Bonchev–Trinajstić information content (AvgIpc) is 3.73. The highest BCUT2D eigenvalue weighted by Gasteiger charge is 2.38. The third-order valence-corrected chi connectivity index (χ3v) is 13.0. The monoisotopic (exact) mass is 719 g/mol. The molecule has 0 saturated carbocycles. The minimum absolute atomic E-state index is 0.125. The minimum atomic E-state index is -0.125. The van der Waals surface area contributed by atoms with Crippen LogP contribution in [-0.2, 0) is 5.41 Å². The molecule has 260 valence electrons. The van der Waals surface area contributed by atoms with Gasteiger partial charge in [-0.15, -0.1) is 11.3 Å². The zero-order chi connectivity index (χ0) is 36.7. The van der Waals surface area contributed by atoms with Gasteiger partial charge >= 0.3 is 0 Å². The van der Waals surface area contributed by atoms with Crippen LogP contribution in [0.4, 0.5) is 17.1 Å². The first-order chi connectivity index (χ1) is 27.1. The highest BCUT2D eigenvalue weighted by atomic mass is 32.1. The van der Waals surface area contributed by atoms with Gasteiger partial charge in [-0.05, 0) is 97.6 Å². The van der Waals surface area contributed by atoms with Gasteiger partial charge in [-0.3, -0.25) is 0 Å². The maximum absolute atomic E-state index is 2.49. The molecule has 10 aromatic rings. The molecule has 0 N–H and O–H groups in total.